The maximum absolute atomic E-state index is 14.7. The number of ether oxygens (including phenoxy) is 2. The lowest BCUT2D eigenvalue weighted by Crippen LogP contribution is -1.98. The number of pyridine rings is 1. The Hall–Kier alpha value is -3.25. The number of hydrogen-bond donors (Lipinski definition) is 1. The van der Waals surface area contributed by atoms with Crippen LogP contribution in [0.15, 0.2) is 54.7 Å². The van der Waals surface area contributed by atoms with E-state index in [2.05, 4.69) is 5.32 Å². The fourth-order valence-electron chi connectivity index (χ4n) is 3.33. The number of imidazole rings is 1. The monoisotopic (exact) mass is 395 g/mol. The van der Waals surface area contributed by atoms with Crippen molar-refractivity contribution in [2.45, 2.75) is 6.92 Å². The van der Waals surface area contributed by atoms with E-state index >= 15 is 0 Å². The quantitative estimate of drug-likeness (QED) is 0.492. The molecule has 0 amide bonds. The van der Waals surface area contributed by atoms with Crippen molar-refractivity contribution in [3.05, 3.63) is 71.1 Å². The van der Waals surface area contributed by atoms with E-state index in [4.69, 9.17) is 26.1 Å². The van der Waals surface area contributed by atoms with Gasteiger partial charge in [-0.25, -0.2) is 9.37 Å². The van der Waals surface area contributed by atoms with Crippen LogP contribution in [-0.4, -0.2) is 16.2 Å². The van der Waals surface area contributed by atoms with Gasteiger partial charge in [-0.15, -0.1) is 0 Å². The Morgan fingerprint density at radius 1 is 1.11 bits per heavy atom. The van der Waals surface area contributed by atoms with Gasteiger partial charge < -0.3 is 14.8 Å². The summed E-state index contributed by atoms with van der Waals surface area (Å²) >= 11 is 6.33. The molecule has 0 atom stereocenters. The summed E-state index contributed by atoms with van der Waals surface area (Å²) < 4.78 is 27.4. The molecule has 0 fully saturated rings. The van der Waals surface area contributed by atoms with Crippen LogP contribution in [0.4, 0.5) is 15.9 Å². The highest BCUT2D eigenvalue weighted by molar-refractivity contribution is 6.33. The molecule has 5 nitrogen and oxygen atoms in total. The highest BCUT2D eigenvalue weighted by Crippen LogP contribution is 2.39. The van der Waals surface area contributed by atoms with Crippen LogP contribution >= 0.6 is 11.6 Å². The Labute approximate surface area is 165 Å². The minimum Gasteiger partial charge on any atom is -0.454 e. The predicted octanol–water partition coefficient (Wildman–Crippen LogP) is 5.57. The molecule has 0 aliphatic carbocycles. The lowest BCUT2D eigenvalue weighted by molar-refractivity contribution is 0.174. The van der Waals surface area contributed by atoms with Crippen LogP contribution in [0.25, 0.3) is 16.9 Å². The first-order chi connectivity index (χ1) is 13.6. The highest BCUT2D eigenvalue weighted by atomic mass is 35.5. The number of halogens is 2. The summed E-state index contributed by atoms with van der Waals surface area (Å²) in [6.45, 7) is 2.16. The minimum absolute atomic E-state index is 0.198. The molecule has 1 aliphatic heterocycles. The average molecular weight is 396 g/mol. The Morgan fingerprint density at radius 3 is 2.82 bits per heavy atom. The van der Waals surface area contributed by atoms with Gasteiger partial charge >= 0.3 is 0 Å². The number of aromatic nitrogens is 2. The first-order valence-electron chi connectivity index (χ1n) is 8.70. The van der Waals surface area contributed by atoms with Crippen molar-refractivity contribution in [2.75, 3.05) is 12.1 Å². The number of rotatable bonds is 3. The standard InChI is InChI=1S/C21H15ClFN3O2/c1-12-4-3-9-26-20(12)25-19(18-14(22)5-2-6-15(18)23)21(26)24-13-7-8-16-17(10-13)28-11-27-16/h2-10,24H,11H2,1H3. The zero-order valence-corrected chi connectivity index (χ0v) is 15.6. The van der Waals surface area contributed by atoms with Crippen LogP contribution in [0.3, 0.4) is 0 Å². The second kappa shape index (κ2) is 6.42. The molecule has 4 aromatic rings. The predicted molar refractivity (Wildman–Crippen MR) is 106 cm³/mol. The van der Waals surface area contributed by atoms with Crippen molar-refractivity contribution in [1.82, 2.24) is 9.38 Å². The second-order valence-electron chi connectivity index (χ2n) is 6.48. The van der Waals surface area contributed by atoms with Gasteiger partial charge in [-0.3, -0.25) is 4.40 Å². The molecule has 0 saturated heterocycles. The third-order valence-electron chi connectivity index (χ3n) is 4.68. The molecule has 28 heavy (non-hydrogen) atoms. The Kier molecular flexibility index (Phi) is 3.87. The first kappa shape index (κ1) is 16.9. The summed E-state index contributed by atoms with van der Waals surface area (Å²) in [5.41, 5.74) is 3.15. The minimum atomic E-state index is -0.428. The molecule has 2 aromatic heterocycles. The van der Waals surface area contributed by atoms with Crippen molar-refractivity contribution in [3.8, 4) is 22.8 Å². The lowest BCUT2D eigenvalue weighted by atomic mass is 10.1. The van der Waals surface area contributed by atoms with Crippen molar-refractivity contribution in [1.29, 1.82) is 0 Å². The average Bonchev–Trinajstić information content (AvgIpc) is 3.28. The molecule has 2 aromatic carbocycles. The summed E-state index contributed by atoms with van der Waals surface area (Å²) in [7, 11) is 0. The molecule has 0 spiro atoms. The van der Waals surface area contributed by atoms with E-state index in [9.17, 15) is 4.39 Å². The SMILES string of the molecule is Cc1cccn2c(Nc3ccc4c(c3)OCO4)c(-c3c(F)cccc3Cl)nc12. The number of benzene rings is 2. The third kappa shape index (κ3) is 2.65. The summed E-state index contributed by atoms with van der Waals surface area (Å²) in [6, 6.07) is 14.0. The Balaban J connectivity index is 1.72. The number of nitrogens with one attached hydrogen (secondary N) is 1. The van der Waals surface area contributed by atoms with Gasteiger partial charge in [-0.05, 0) is 42.8 Å². The molecule has 0 bridgehead atoms. The molecule has 140 valence electrons. The van der Waals surface area contributed by atoms with Crippen molar-refractivity contribution in [3.63, 3.8) is 0 Å². The Bertz CT molecular complexity index is 1200. The maximum Gasteiger partial charge on any atom is 0.231 e. The summed E-state index contributed by atoms with van der Waals surface area (Å²) in [6.07, 6.45) is 1.88. The number of anilines is 2. The number of hydrogen-bond acceptors (Lipinski definition) is 4. The van der Waals surface area contributed by atoms with E-state index in [-0.39, 0.29) is 12.4 Å². The molecular weight excluding hydrogens is 381 g/mol. The molecule has 3 heterocycles. The zero-order valence-electron chi connectivity index (χ0n) is 14.9. The van der Waals surface area contributed by atoms with Gasteiger partial charge in [-0.1, -0.05) is 23.7 Å². The van der Waals surface area contributed by atoms with Gasteiger partial charge in [0.1, 0.15) is 23.0 Å². The molecule has 7 heteroatoms. The van der Waals surface area contributed by atoms with E-state index < -0.39 is 5.82 Å². The van der Waals surface area contributed by atoms with E-state index in [1.54, 1.807) is 12.1 Å². The van der Waals surface area contributed by atoms with Gasteiger partial charge in [0.25, 0.3) is 0 Å². The fourth-order valence-corrected chi connectivity index (χ4v) is 3.59. The molecule has 0 unspecified atom stereocenters. The van der Waals surface area contributed by atoms with Crippen molar-refractivity contribution < 1.29 is 13.9 Å². The van der Waals surface area contributed by atoms with Crippen molar-refractivity contribution in [2.24, 2.45) is 0 Å². The summed E-state index contributed by atoms with van der Waals surface area (Å²) in [5.74, 6) is 1.53. The van der Waals surface area contributed by atoms with E-state index in [1.165, 1.54) is 6.07 Å². The van der Waals surface area contributed by atoms with Crippen LogP contribution in [0.1, 0.15) is 5.56 Å². The fraction of sp³-hybridized carbons (Fsp3) is 0.0952. The molecule has 1 N–H and O–H groups in total. The summed E-state index contributed by atoms with van der Waals surface area (Å²) in [4.78, 5) is 4.69. The topological polar surface area (TPSA) is 47.8 Å². The highest BCUT2D eigenvalue weighted by Gasteiger charge is 2.21. The zero-order chi connectivity index (χ0) is 19.3. The van der Waals surface area contributed by atoms with Crippen LogP contribution in [0, 0.1) is 12.7 Å². The first-order valence-corrected chi connectivity index (χ1v) is 9.08. The third-order valence-corrected chi connectivity index (χ3v) is 5.00. The maximum atomic E-state index is 14.7. The molecular formula is C21H15ClFN3O2. The number of nitrogens with zero attached hydrogens (tertiary/aromatic N) is 2. The van der Waals surface area contributed by atoms with Crippen LogP contribution in [0.2, 0.25) is 5.02 Å². The largest absolute Gasteiger partial charge is 0.454 e. The summed E-state index contributed by atoms with van der Waals surface area (Å²) in [5, 5.41) is 3.65. The normalized spacial score (nSPS) is 12.5. The van der Waals surface area contributed by atoms with Gasteiger partial charge in [0, 0.05) is 18.0 Å². The smallest absolute Gasteiger partial charge is 0.231 e. The van der Waals surface area contributed by atoms with Crippen molar-refractivity contribution >= 4 is 28.8 Å². The van der Waals surface area contributed by atoms with Crippen LogP contribution in [0.5, 0.6) is 11.5 Å². The van der Waals surface area contributed by atoms with E-state index in [0.29, 0.717) is 28.0 Å². The van der Waals surface area contributed by atoms with E-state index in [1.807, 2.05) is 47.9 Å². The Morgan fingerprint density at radius 2 is 1.96 bits per heavy atom. The molecule has 1 aliphatic rings. The molecule has 0 saturated carbocycles. The van der Waals surface area contributed by atoms with E-state index in [0.717, 1.165) is 16.9 Å². The lowest BCUT2D eigenvalue weighted by Gasteiger charge is -2.11. The number of fused-ring (bicyclic) bond motifs is 2. The van der Waals surface area contributed by atoms with Gasteiger partial charge in [0.2, 0.25) is 6.79 Å². The molecule has 0 radical (unpaired) electrons. The van der Waals surface area contributed by atoms with Gasteiger partial charge in [-0.2, -0.15) is 0 Å². The van der Waals surface area contributed by atoms with Gasteiger partial charge in [0.05, 0.1) is 10.6 Å². The van der Waals surface area contributed by atoms with Crippen LogP contribution in [-0.2, 0) is 0 Å². The van der Waals surface area contributed by atoms with Crippen LogP contribution < -0.4 is 14.8 Å². The molecule has 5 rings (SSSR count). The second-order valence-corrected chi connectivity index (χ2v) is 6.89. The number of aryl methyl sites for hydroxylation is 1. The van der Waals surface area contributed by atoms with Gasteiger partial charge in [0.15, 0.2) is 11.5 Å².